The van der Waals surface area contributed by atoms with E-state index in [0.29, 0.717) is 28.7 Å². The molecule has 2 rings (SSSR count). The van der Waals surface area contributed by atoms with Gasteiger partial charge in [-0.1, -0.05) is 18.2 Å². The lowest BCUT2D eigenvalue weighted by Gasteiger charge is -2.25. The second kappa shape index (κ2) is 10.9. The van der Waals surface area contributed by atoms with Crippen LogP contribution in [0.4, 0.5) is 11.4 Å². The lowest BCUT2D eigenvalue weighted by Crippen LogP contribution is -2.16. The third-order valence-electron chi connectivity index (χ3n) is 3.59. The average molecular weight is 415 g/mol. The summed E-state index contributed by atoms with van der Waals surface area (Å²) in [7, 11) is 0. The van der Waals surface area contributed by atoms with Gasteiger partial charge < -0.3 is 18.9 Å². The van der Waals surface area contributed by atoms with Crippen LogP contribution in [-0.4, -0.2) is 24.4 Å². The zero-order chi connectivity index (χ0) is 22.3. The summed E-state index contributed by atoms with van der Waals surface area (Å²) in [5, 5.41) is 8.84. The molecule has 0 aliphatic rings. The molecule has 6 nitrogen and oxygen atoms in total. The van der Waals surface area contributed by atoms with Crippen molar-refractivity contribution in [1.82, 2.24) is 0 Å². The molecule has 2 aromatic rings. The Morgan fingerprint density at radius 3 is 1.60 bits per heavy atom. The molecule has 2 aromatic carbocycles. The van der Waals surface area contributed by atoms with Crippen molar-refractivity contribution in [3.8, 4) is 23.0 Å². The lowest BCUT2D eigenvalue weighted by atomic mass is 10.2. The molecule has 0 aliphatic carbocycles. The van der Waals surface area contributed by atoms with E-state index >= 15 is 0 Å². The van der Waals surface area contributed by atoms with E-state index in [2.05, 4.69) is 10.2 Å². The highest BCUT2D eigenvalue weighted by Gasteiger charge is 2.26. The molecule has 0 aromatic heterocycles. The molecule has 0 heterocycles. The monoisotopic (exact) mass is 414 g/mol. The summed E-state index contributed by atoms with van der Waals surface area (Å²) in [5.74, 6) is 2.03. The molecule has 0 amide bonds. The van der Waals surface area contributed by atoms with Gasteiger partial charge in [0.2, 0.25) is 11.5 Å². The molecule has 0 saturated carbocycles. The van der Waals surface area contributed by atoms with E-state index < -0.39 is 0 Å². The highest BCUT2D eigenvalue weighted by molar-refractivity contribution is 5.71. The van der Waals surface area contributed by atoms with Crippen LogP contribution in [0.5, 0.6) is 23.0 Å². The number of hydrogen-bond donors (Lipinski definition) is 0. The summed E-state index contributed by atoms with van der Waals surface area (Å²) in [6.45, 7) is 15.7. The quantitative estimate of drug-likeness (QED) is 0.384. The van der Waals surface area contributed by atoms with Gasteiger partial charge in [0.25, 0.3) is 0 Å². The van der Waals surface area contributed by atoms with Gasteiger partial charge >= 0.3 is 0 Å². The Bertz CT molecular complexity index is 831. The summed E-state index contributed by atoms with van der Waals surface area (Å²) in [6, 6.07) is 11.3. The molecule has 164 valence electrons. The van der Waals surface area contributed by atoms with E-state index in [4.69, 9.17) is 18.9 Å². The normalized spacial score (nSPS) is 11.7. The standard InChI is InChI=1S/C24H34N2O4/c1-15(2)27-21-14-20(26-25-19-12-10-9-11-13-19)22(28-16(3)4)24(30-18(7)8)23(21)29-17(5)6/h9-18H,1-8H3. The highest BCUT2D eigenvalue weighted by Crippen LogP contribution is 2.52. The van der Waals surface area contributed by atoms with Crippen LogP contribution in [0.15, 0.2) is 46.6 Å². The Morgan fingerprint density at radius 2 is 1.07 bits per heavy atom. The topological polar surface area (TPSA) is 61.6 Å². The number of benzene rings is 2. The molecular formula is C24H34N2O4. The largest absolute Gasteiger partial charge is 0.487 e. The predicted molar refractivity (Wildman–Crippen MR) is 120 cm³/mol. The van der Waals surface area contributed by atoms with Crippen LogP contribution >= 0.6 is 0 Å². The maximum Gasteiger partial charge on any atom is 0.210 e. The van der Waals surface area contributed by atoms with Crippen molar-refractivity contribution in [2.24, 2.45) is 10.2 Å². The predicted octanol–water partition coefficient (Wildman–Crippen LogP) is 7.25. The van der Waals surface area contributed by atoms with E-state index in [1.807, 2.05) is 85.7 Å². The van der Waals surface area contributed by atoms with Gasteiger partial charge in [-0.15, -0.1) is 5.11 Å². The van der Waals surface area contributed by atoms with Gasteiger partial charge in [0.1, 0.15) is 5.69 Å². The molecule has 30 heavy (non-hydrogen) atoms. The number of hydrogen-bond acceptors (Lipinski definition) is 6. The van der Waals surface area contributed by atoms with E-state index in [1.54, 1.807) is 6.07 Å². The van der Waals surface area contributed by atoms with Gasteiger partial charge in [-0.05, 0) is 67.5 Å². The van der Waals surface area contributed by atoms with E-state index in [-0.39, 0.29) is 24.4 Å². The van der Waals surface area contributed by atoms with E-state index in [1.165, 1.54) is 0 Å². The lowest BCUT2D eigenvalue weighted by molar-refractivity contribution is 0.163. The molecular weight excluding hydrogens is 380 g/mol. The van der Waals surface area contributed by atoms with Crippen LogP contribution in [-0.2, 0) is 0 Å². The number of ether oxygens (including phenoxy) is 4. The van der Waals surface area contributed by atoms with Crippen LogP contribution in [0.1, 0.15) is 55.4 Å². The molecule has 0 spiro atoms. The minimum Gasteiger partial charge on any atom is -0.487 e. The Hall–Kier alpha value is -2.76. The zero-order valence-electron chi connectivity index (χ0n) is 19.3. The molecule has 0 saturated heterocycles. The van der Waals surface area contributed by atoms with Gasteiger partial charge in [-0.25, -0.2) is 0 Å². The maximum atomic E-state index is 6.16. The first-order valence-corrected chi connectivity index (χ1v) is 10.5. The van der Waals surface area contributed by atoms with E-state index in [0.717, 1.165) is 5.69 Å². The Kier molecular flexibility index (Phi) is 8.51. The van der Waals surface area contributed by atoms with Crippen molar-refractivity contribution in [3.05, 3.63) is 36.4 Å². The zero-order valence-corrected chi connectivity index (χ0v) is 19.3. The number of nitrogens with zero attached hydrogens (tertiary/aromatic N) is 2. The third kappa shape index (κ3) is 6.94. The fourth-order valence-corrected chi connectivity index (χ4v) is 2.65. The first-order chi connectivity index (χ1) is 14.2. The van der Waals surface area contributed by atoms with Crippen molar-refractivity contribution in [1.29, 1.82) is 0 Å². The van der Waals surface area contributed by atoms with Crippen molar-refractivity contribution >= 4 is 11.4 Å². The molecule has 0 N–H and O–H groups in total. The molecule has 6 heteroatoms. The third-order valence-corrected chi connectivity index (χ3v) is 3.59. The summed E-state index contributed by atoms with van der Waals surface area (Å²) in [5.41, 5.74) is 1.27. The Morgan fingerprint density at radius 1 is 0.567 bits per heavy atom. The molecule has 0 radical (unpaired) electrons. The average Bonchev–Trinajstić information content (AvgIpc) is 2.64. The highest BCUT2D eigenvalue weighted by atomic mass is 16.6. The number of azo groups is 1. The van der Waals surface area contributed by atoms with Crippen LogP contribution in [0, 0.1) is 0 Å². The summed E-state index contributed by atoms with van der Waals surface area (Å²) in [6.07, 6.45) is -0.309. The second-order valence-corrected chi connectivity index (χ2v) is 8.08. The van der Waals surface area contributed by atoms with Gasteiger partial charge in [-0.3, -0.25) is 0 Å². The smallest absolute Gasteiger partial charge is 0.210 e. The van der Waals surface area contributed by atoms with Crippen LogP contribution < -0.4 is 18.9 Å². The van der Waals surface area contributed by atoms with E-state index in [9.17, 15) is 0 Å². The summed E-state index contributed by atoms with van der Waals surface area (Å²) >= 11 is 0. The molecule has 0 bridgehead atoms. The van der Waals surface area contributed by atoms with Gasteiger partial charge in [-0.2, -0.15) is 5.11 Å². The molecule has 0 fully saturated rings. The Labute approximate surface area is 180 Å². The first kappa shape index (κ1) is 23.5. The first-order valence-electron chi connectivity index (χ1n) is 10.5. The molecule has 0 aliphatic heterocycles. The van der Waals surface area contributed by atoms with Crippen molar-refractivity contribution < 1.29 is 18.9 Å². The number of rotatable bonds is 10. The van der Waals surface area contributed by atoms with Gasteiger partial charge in [0, 0.05) is 6.07 Å². The van der Waals surface area contributed by atoms with Crippen LogP contribution in [0.2, 0.25) is 0 Å². The molecule has 0 unspecified atom stereocenters. The Balaban J connectivity index is 2.71. The van der Waals surface area contributed by atoms with Crippen molar-refractivity contribution in [3.63, 3.8) is 0 Å². The minimum absolute atomic E-state index is 0.0535. The SMILES string of the molecule is CC(C)Oc1cc(N=Nc2ccccc2)c(OC(C)C)c(OC(C)C)c1OC(C)C. The fraction of sp³-hybridized carbons (Fsp3) is 0.500. The van der Waals surface area contributed by atoms with Crippen LogP contribution in [0.25, 0.3) is 0 Å². The second-order valence-electron chi connectivity index (χ2n) is 8.08. The van der Waals surface area contributed by atoms with Gasteiger partial charge in [0.15, 0.2) is 11.5 Å². The van der Waals surface area contributed by atoms with Gasteiger partial charge in [0.05, 0.1) is 30.1 Å². The van der Waals surface area contributed by atoms with Crippen molar-refractivity contribution in [2.75, 3.05) is 0 Å². The molecule has 0 atom stereocenters. The maximum absolute atomic E-state index is 6.16. The summed E-state index contributed by atoms with van der Waals surface area (Å²) in [4.78, 5) is 0. The minimum atomic E-state index is -0.0952. The fourth-order valence-electron chi connectivity index (χ4n) is 2.65. The summed E-state index contributed by atoms with van der Waals surface area (Å²) < 4.78 is 24.5. The van der Waals surface area contributed by atoms with Crippen LogP contribution in [0.3, 0.4) is 0 Å². The van der Waals surface area contributed by atoms with Crippen molar-refractivity contribution in [2.45, 2.75) is 79.8 Å².